The maximum Gasteiger partial charge on any atom is 0.307 e. The fourth-order valence-corrected chi connectivity index (χ4v) is 3.19. The number of carbonyl (C=O) groups is 1. The summed E-state index contributed by atoms with van der Waals surface area (Å²) in [5.74, 6) is 0.536. The van der Waals surface area contributed by atoms with Gasteiger partial charge in [-0.25, -0.2) is 5.43 Å². The maximum atomic E-state index is 12.1. The second-order valence-corrected chi connectivity index (χ2v) is 6.90. The van der Waals surface area contributed by atoms with E-state index in [2.05, 4.69) is 21.2 Å². The molecule has 0 fully saturated rings. The van der Waals surface area contributed by atoms with Crippen LogP contribution in [0.1, 0.15) is 27.4 Å². The molecule has 2 aromatic carbocycles. The predicted molar refractivity (Wildman–Crippen MR) is 111 cm³/mol. The van der Waals surface area contributed by atoms with E-state index in [4.69, 9.17) is 16.0 Å². The highest BCUT2D eigenvalue weighted by Gasteiger charge is 2.10. The monoisotopic (exact) mass is 391 g/mol. The van der Waals surface area contributed by atoms with Gasteiger partial charge >= 0.3 is 5.91 Å². The predicted octanol–water partition coefficient (Wildman–Crippen LogP) is 5.01. The second kappa shape index (κ2) is 7.74. The van der Waals surface area contributed by atoms with E-state index in [0.29, 0.717) is 12.3 Å². The van der Waals surface area contributed by atoms with E-state index in [9.17, 15) is 4.79 Å². The largest absolute Gasteiger partial charge is 0.456 e. The number of carbonyl (C=O) groups excluding carboxylic acids is 1. The third-order valence-corrected chi connectivity index (χ3v) is 4.67. The van der Waals surface area contributed by atoms with Crippen LogP contribution >= 0.6 is 11.6 Å². The lowest BCUT2D eigenvalue weighted by molar-refractivity contribution is 0.0926. The molecule has 0 unspecified atom stereocenters. The molecule has 2 heterocycles. The fourth-order valence-electron chi connectivity index (χ4n) is 3.07. The van der Waals surface area contributed by atoms with Gasteiger partial charge in [0.1, 0.15) is 5.76 Å². The summed E-state index contributed by atoms with van der Waals surface area (Å²) in [7, 11) is 0. The van der Waals surface area contributed by atoms with Crippen LogP contribution in [0.15, 0.2) is 76.4 Å². The van der Waals surface area contributed by atoms with Gasteiger partial charge in [-0.1, -0.05) is 41.9 Å². The van der Waals surface area contributed by atoms with E-state index in [1.165, 1.54) is 0 Å². The third kappa shape index (κ3) is 3.85. The molecule has 2 aromatic heterocycles. The van der Waals surface area contributed by atoms with Crippen LogP contribution in [0.4, 0.5) is 0 Å². The van der Waals surface area contributed by atoms with Crippen LogP contribution in [0.25, 0.3) is 10.9 Å². The molecule has 0 aliphatic rings. The Hall–Kier alpha value is -3.31. The van der Waals surface area contributed by atoms with E-state index >= 15 is 0 Å². The van der Waals surface area contributed by atoms with E-state index in [1.54, 1.807) is 25.3 Å². The molecule has 4 aromatic rings. The number of furan rings is 1. The Labute approximate surface area is 167 Å². The molecule has 0 radical (unpaired) electrons. The first-order valence-electron chi connectivity index (χ1n) is 8.82. The number of hydrogen-bond acceptors (Lipinski definition) is 3. The lowest BCUT2D eigenvalue weighted by atomic mass is 10.2. The van der Waals surface area contributed by atoms with Crippen LogP contribution in [0.2, 0.25) is 5.02 Å². The first-order valence-corrected chi connectivity index (χ1v) is 9.20. The molecule has 0 bridgehead atoms. The highest BCUT2D eigenvalue weighted by atomic mass is 35.5. The van der Waals surface area contributed by atoms with Gasteiger partial charge in [0, 0.05) is 34.2 Å². The second-order valence-electron chi connectivity index (χ2n) is 6.47. The van der Waals surface area contributed by atoms with Gasteiger partial charge in [-0.3, -0.25) is 4.79 Å². The number of aromatic nitrogens is 1. The quantitative estimate of drug-likeness (QED) is 0.384. The van der Waals surface area contributed by atoms with Crippen molar-refractivity contribution < 1.29 is 9.21 Å². The molecule has 6 heteroatoms. The minimum Gasteiger partial charge on any atom is -0.456 e. The third-order valence-electron chi connectivity index (χ3n) is 4.42. The van der Waals surface area contributed by atoms with E-state index in [0.717, 1.165) is 27.1 Å². The summed E-state index contributed by atoms with van der Waals surface area (Å²) in [5, 5.41) is 5.87. The Kier molecular flexibility index (Phi) is 5.00. The molecule has 4 rings (SSSR count). The van der Waals surface area contributed by atoms with Gasteiger partial charge in [-0.2, -0.15) is 5.10 Å². The van der Waals surface area contributed by atoms with Gasteiger partial charge < -0.3 is 8.98 Å². The van der Waals surface area contributed by atoms with Crippen LogP contribution < -0.4 is 5.43 Å². The van der Waals surface area contributed by atoms with Crippen molar-refractivity contribution in [2.45, 2.75) is 13.5 Å². The minimum absolute atomic E-state index is 0.236. The molecule has 0 saturated heterocycles. The fraction of sp³-hybridized carbons (Fsp3) is 0.0909. The van der Waals surface area contributed by atoms with E-state index < -0.39 is 0 Å². The lowest BCUT2D eigenvalue weighted by Gasteiger charge is -2.05. The number of hydrazone groups is 1. The Morgan fingerprint density at radius 3 is 2.68 bits per heavy atom. The number of amides is 1. The number of para-hydroxylation sites is 1. The van der Waals surface area contributed by atoms with E-state index in [-0.39, 0.29) is 11.7 Å². The van der Waals surface area contributed by atoms with Gasteiger partial charge in [-0.15, -0.1) is 0 Å². The van der Waals surface area contributed by atoms with Crippen molar-refractivity contribution in [3.05, 3.63) is 94.5 Å². The first kappa shape index (κ1) is 18.1. The zero-order valence-electron chi connectivity index (χ0n) is 15.2. The molecule has 1 N–H and O–H groups in total. The van der Waals surface area contributed by atoms with Gasteiger partial charge in [0.2, 0.25) is 0 Å². The number of fused-ring (bicyclic) bond motifs is 1. The van der Waals surface area contributed by atoms with Gasteiger partial charge in [0.15, 0.2) is 5.76 Å². The van der Waals surface area contributed by atoms with Crippen molar-refractivity contribution in [2.24, 2.45) is 5.10 Å². The summed E-state index contributed by atoms with van der Waals surface area (Å²) in [6.07, 6.45) is 3.67. The highest BCUT2D eigenvalue weighted by Crippen LogP contribution is 2.21. The SMILES string of the molecule is Cc1ccc(C(=O)N/N=C\c2cn(Cc3ccc(Cl)cc3)c3ccccc23)o1. The number of nitrogens with one attached hydrogen (secondary N) is 1. The normalized spacial score (nSPS) is 11.4. The van der Waals surface area contributed by atoms with Crippen LogP contribution in [0, 0.1) is 6.92 Å². The lowest BCUT2D eigenvalue weighted by Crippen LogP contribution is -2.16. The molecule has 28 heavy (non-hydrogen) atoms. The topological polar surface area (TPSA) is 59.5 Å². The van der Waals surface area contributed by atoms with Crippen molar-refractivity contribution in [3.63, 3.8) is 0 Å². The maximum absolute atomic E-state index is 12.1. The zero-order valence-corrected chi connectivity index (χ0v) is 16.0. The van der Waals surface area contributed by atoms with Crippen molar-refractivity contribution in [1.29, 1.82) is 0 Å². The average molecular weight is 392 g/mol. The highest BCUT2D eigenvalue weighted by molar-refractivity contribution is 6.30. The molecule has 0 spiro atoms. The van der Waals surface area contributed by atoms with Crippen LogP contribution in [-0.4, -0.2) is 16.7 Å². The number of rotatable bonds is 5. The van der Waals surface area contributed by atoms with Crippen LogP contribution in [-0.2, 0) is 6.54 Å². The summed E-state index contributed by atoms with van der Waals surface area (Å²) in [4.78, 5) is 12.1. The molecule has 0 aliphatic carbocycles. The molecule has 5 nitrogen and oxygen atoms in total. The number of hydrogen-bond donors (Lipinski definition) is 1. The summed E-state index contributed by atoms with van der Waals surface area (Å²) < 4.78 is 7.45. The first-order chi connectivity index (χ1) is 13.6. The molecular formula is C22H18ClN3O2. The standard InChI is InChI=1S/C22H18ClN3O2/c1-15-6-11-21(28-15)22(27)25-24-12-17-14-26(20-5-3-2-4-19(17)20)13-16-7-9-18(23)10-8-16/h2-12,14H,13H2,1H3,(H,25,27)/b24-12-. The molecule has 140 valence electrons. The van der Waals surface area contributed by atoms with Crippen molar-refractivity contribution >= 4 is 34.6 Å². The summed E-state index contributed by atoms with van der Waals surface area (Å²) in [6, 6.07) is 19.2. The van der Waals surface area contributed by atoms with Gasteiger partial charge in [0.05, 0.1) is 6.21 Å². The minimum atomic E-state index is -0.380. The number of benzene rings is 2. The summed E-state index contributed by atoms with van der Waals surface area (Å²) in [5.41, 5.74) is 5.66. The van der Waals surface area contributed by atoms with Crippen molar-refractivity contribution in [2.75, 3.05) is 0 Å². The average Bonchev–Trinajstić information content (AvgIpc) is 3.28. The molecule has 0 saturated carbocycles. The Balaban J connectivity index is 1.57. The number of halogens is 1. The smallest absolute Gasteiger partial charge is 0.307 e. The van der Waals surface area contributed by atoms with Crippen molar-refractivity contribution in [3.8, 4) is 0 Å². The Morgan fingerprint density at radius 2 is 1.93 bits per heavy atom. The van der Waals surface area contributed by atoms with Crippen LogP contribution in [0.5, 0.6) is 0 Å². The van der Waals surface area contributed by atoms with Gasteiger partial charge in [-0.05, 0) is 42.8 Å². The van der Waals surface area contributed by atoms with Gasteiger partial charge in [0.25, 0.3) is 0 Å². The summed E-state index contributed by atoms with van der Waals surface area (Å²) in [6.45, 7) is 2.50. The van der Waals surface area contributed by atoms with E-state index in [1.807, 2.05) is 48.7 Å². The van der Waals surface area contributed by atoms with Crippen LogP contribution in [0.3, 0.4) is 0 Å². The number of aryl methyl sites for hydroxylation is 1. The Bertz CT molecular complexity index is 1160. The summed E-state index contributed by atoms with van der Waals surface area (Å²) >= 11 is 5.98. The van der Waals surface area contributed by atoms with Crippen molar-refractivity contribution in [1.82, 2.24) is 9.99 Å². The Morgan fingerprint density at radius 1 is 1.14 bits per heavy atom. The number of nitrogens with zero attached hydrogens (tertiary/aromatic N) is 2. The molecule has 0 aliphatic heterocycles. The molecular weight excluding hydrogens is 374 g/mol. The molecule has 0 atom stereocenters. The zero-order chi connectivity index (χ0) is 19.5. The molecule has 1 amide bonds.